The molecule has 0 aliphatic rings. The van der Waals surface area contributed by atoms with Crippen molar-refractivity contribution in [2.75, 3.05) is 0 Å². The Morgan fingerprint density at radius 1 is 0.571 bits per heavy atom. The van der Waals surface area contributed by atoms with Gasteiger partial charge in [-0.2, -0.15) is 8.42 Å². The zero-order valence-electron chi connectivity index (χ0n) is 18.7. The molecule has 0 aromatic rings. The highest BCUT2D eigenvalue weighted by molar-refractivity contribution is 7.86. The molecule has 0 amide bonds. The van der Waals surface area contributed by atoms with Gasteiger partial charge in [0.1, 0.15) is 0 Å². The fourth-order valence-corrected chi connectivity index (χ4v) is 4.71. The Morgan fingerprint density at radius 2 is 0.964 bits per heavy atom. The second-order valence-corrected chi connectivity index (χ2v) is 10.2. The molecule has 0 rings (SSSR count). The van der Waals surface area contributed by atoms with Crippen LogP contribution < -0.4 is 0 Å². The molecule has 5 heteroatoms. The molecule has 0 aromatic heterocycles. The predicted octanol–water partition coefficient (Wildman–Crippen LogP) is 7.06. The number of unbranched alkanes of at least 4 members (excludes halogenated alkanes) is 13. The second kappa shape index (κ2) is 18.9. The molecule has 0 saturated heterocycles. The van der Waals surface area contributed by atoms with Gasteiger partial charge in [0.05, 0.1) is 11.4 Å². The fraction of sp³-hybridized carbons (Fsp3) is 1.00. The lowest BCUT2D eigenvalue weighted by Gasteiger charge is -2.16. The number of hydrogen-bond acceptors (Lipinski definition) is 3. The Hall–Kier alpha value is -0.130. The van der Waals surface area contributed by atoms with E-state index in [1.54, 1.807) is 0 Å². The van der Waals surface area contributed by atoms with Gasteiger partial charge in [-0.15, -0.1) is 0 Å². The van der Waals surface area contributed by atoms with Crippen LogP contribution in [0.3, 0.4) is 0 Å². The molecule has 0 radical (unpaired) electrons. The van der Waals surface area contributed by atoms with E-state index in [-0.39, 0.29) is 0 Å². The summed E-state index contributed by atoms with van der Waals surface area (Å²) in [6, 6.07) is 0. The number of rotatable bonds is 21. The highest BCUT2D eigenvalue weighted by atomic mass is 32.2. The van der Waals surface area contributed by atoms with Gasteiger partial charge in [-0.25, -0.2) is 0 Å². The van der Waals surface area contributed by atoms with Gasteiger partial charge < -0.3 is 5.11 Å². The van der Waals surface area contributed by atoms with E-state index in [0.717, 1.165) is 44.9 Å². The second-order valence-electron chi connectivity index (χ2n) is 8.54. The van der Waals surface area contributed by atoms with E-state index in [1.807, 2.05) is 0 Å². The molecule has 2 atom stereocenters. The third-order valence-electron chi connectivity index (χ3n) is 5.76. The molecular weight excluding hydrogens is 372 g/mol. The highest BCUT2D eigenvalue weighted by Gasteiger charge is 2.23. The van der Waals surface area contributed by atoms with E-state index in [0.29, 0.717) is 19.3 Å². The molecule has 0 heterocycles. The average molecular weight is 421 g/mol. The van der Waals surface area contributed by atoms with Crippen molar-refractivity contribution in [3.05, 3.63) is 0 Å². The first-order valence-electron chi connectivity index (χ1n) is 12.1. The minimum atomic E-state index is -4.01. The zero-order valence-corrected chi connectivity index (χ0v) is 19.5. The summed E-state index contributed by atoms with van der Waals surface area (Å²) in [4.78, 5) is 0. The number of aliphatic hydroxyl groups excluding tert-OH is 1. The maximum atomic E-state index is 11.6. The van der Waals surface area contributed by atoms with Gasteiger partial charge in [-0.1, -0.05) is 110 Å². The molecule has 0 bridgehead atoms. The Morgan fingerprint density at radius 3 is 1.39 bits per heavy atom. The molecular formula is C23H48O4S. The van der Waals surface area contributed by atoms with E-state index < -0.39 is 21.5 Å². The SMILES string of the molecule is CCCCCCCCCCCCC(O)CCC(CCCCCCC)S(=O)(=O)O. The van der Waals surface area contributed by atoms with Crippen molar-refractivity contribution >= 4 is 10.1 Å². The Labute approximate surface area is 175 Å². The van der Waals surface area contributed by atoms with Crippen molar-refractivity contribution < 1.29 is 18.1 Å². The van der Waals surface area contributed by atoms with E-state index in [1.165, 1.54) is 57.8 Å². The van der Waals surface area contributed by atoms with Crippen molar-refractivity contribution in [1.29, 1.82) is 0 Å². The number of hydrogen-bond donors (Lipinski definition) is 2. The first kappa shape index (κ1) is 27.9. The molecule has 0 spiro atoms. The molecule has 0 aliphatic carbocycles. The summed E-state index contributed by atoms with van der Waals surface area (Å²) in [5.74, 6) is 0. The topological polar surface area (TPSA) is 74.6 Å². The maximum absolute atomic E-state index is 11.6. The summed E-state index contributed by atoms with van der Waals surface area (Å²) >= 11 is 0. The van der Waals surface area contributed by atoms with Crippen LogP contribution in [-0.2, 0) is 10.1 Å². The van der Waals surface area contributed by atoms with Crippen molar-refractivity contribution in [1.82, 2.24) is 0 Å². The maximum Gasteiger partial charge on any atom is 0.267 e. The van der Waals surface area contributed by atoms with Gasteiger partial charge in [-0.05, 0) is 25.7 Å². The van der Waals surface area contributed by atoms with Crippen LogP contribution in [0.15, 0.2) is 0 Å². The van der Waals surface area contributed by atoms with Gasteiger partial charge in [-0.3, -0.25) is 4.55 Å². The molecule has 4 nitrogen and oxygen atoms in total. The molecule has 0 saturated carbocycles. The molecule has 0 aromatic carbocycles. The van der Waals surface area contributed by atoms with Gasteiger partial charge in [0.25, 0.3) is 10.1 Å². The standard InChI is InChI=1S/C23H48O4S/c1-3-5-7-9-10-11-12-13-15-16-18-22(24)20-21-23(28(25,26)27)19-17-14-8-6-4-2/h22-24H,3-21H2,1-2H3,(H,25,26,27). The van der Waals surface area contributed by atoms with Crippen LogP contribution in [0.4, 0.5) is 0 Å². The molecule has 170 valence electrons. The van der Waals surface area contributed by atoms with Crippen LogP contribution in [0.1, 0.15) is 136 Å². The number of aliphatic hydroxyl groups is 1. The highest BCUT2D eigenvalue weighted by Crippen LogP contribution is 2.20. The van der Waals surface area contributed by atoms with Crippen molar-refractivity contribution in [2.24, 2.45) is 0 Å². The minimum absolute atomic E-state index is 0.367. The molecule has 0 fully saturated rings. The zero-order chi connectivity index (χ0) is 21.1. The van der Waals surface area contributed by atoms with Gasteiger partial charge in [0, 0.05) is 0 Å². The van der Waals surface area contributed by atoms with Crippen molar-refractivity contribution in [3.63, 3.8) is 0 Å². The summed E-state index contributed by atoms with van der Waals surface area (Å²) in [6.07, 6.45) is 19.6. The largest absolute Gasteiger partial charge is 0.393 e. The summed E-state index contributed by atoms with van der Waals surface area (Å²) in [7, 11) is -4.01. The normalized spacial score (nSPS) is 14.3. The first-order chi connectivity index (χ1) is 13.4. The lowest BCUT2D eigenvalue weighted by molar-refractivity contribution is 0.147. The predicted molar refractivity (Wildman–Crippen MR) is 120 cm³/mol. The molecule has 2 unspecified atom stereocenters. The van der Waals surface area contributed by atoms with Crippen LogP contribution in [0.25, 0.3) is 0 Å². The van der Waals surface area contributed by atoms with Crippen LogP contribution in [-0.4, -0.2) is 29.4 Å². The van der Waals surface area contributed by atoms with E-state index in [2.05, 4.69) is 13.8 Å². The van der Waals surface area contributed by atoms with E-state index in [4.69, 9.17) is 0 Å². The molecule has 0 aliphatic heterocycles. The summed E-state index contributed by atoms with van der Waals surface area (Å²) in [6.45, 7) is 4.39. The monoisotopic (exact) mass is 420 g/mol. The lowest BCUT2D eigenvalue weighted by atomic mass is 10.0. The minimum Gasteiger partial charge on any atom is -0.393 e. The van der Waals surface area contributed by atoms with Crippen LogP contribution >= 0.6 is 0 Å². The first-order valence-corrected chi connectivity index (χ1v) is 13.6. The lowest BCUT2D eigenvalue weighted by Crippen LogP contribution is -2.22. The Balaban J connectivity index is 3.75. The molecule has 2 N–H and O–H groups in total. The van der Waals surface area contributed by atoms with Crippen LogP contribution in [0, 0.1) is 0 Å². The van der Waals surface area contributed by atoms with Gasteiger partial charge in [0.2, 0.25) is 0 Å². The summed E-state index contributed by atoms with van der Waals surface area (Å²) in [5, 5.41) is 9.44. The third-order valence-corrected chi connectivity index (χ3v) is 7.08. The quantitative estimate of drug-likeness (QED) is 0.154. The van der Waals surface area contributed by atoms with Crippen LogP contribution in [0.2, 0.25) is 0 Å². The van der Waals surface area contributed by atoms with Crippen molar-refractivity contribution in [3.8, 4) is 0 Å². The van der Waals surface area contributed by atoms with E-state index >= 15 is 0 Å². The van der Waals surface area contributed by atoms with Gasteiger partial charge in [0.15, 0.2) is 0 Å². The molecule has 28 heavy (non-hydrogen) atoms. The Bertz CT molecular complexity index is 422. The van der Waals surface area contributed by atoms with Crippen LogP contribution in [0.5, 0.6) is 0 Å². The van der Waals surface area contributed by atoms with Crippen molar-refractivity contribution in [2.45, 2.75) is 147 Å². The van der Waals surface area contributed by atoms with Gasteiger partial charge >= 0.3 is 0 Å². The smallest absolute Gasteiger partial charge is 0.267 e. The fourth-order valence-electron chi connectivity index (χ4n) is 3.81. The summed E-state index contributed by atoms with van der Waals surface area (Å²) in [5.41, 5.74) is 0. The average Bonchev–Trinajstić information content (AvgIpc) is 2.64. The van der Waals surface area contributed by atoms with E-state index in [9.17, 15) is 18.1 Å². The third kappa shape index (κ3) is 17.9. The Kier molecular flexibility index (Phi) is 18.8. The summed E-state index contributed by atoms with van der Waals surface area (Å²) < 4.78 is 32.6.